The molecule has 1 aromatic carbocycles. The Hall–Kier alpha value is -2.89. The Morgan fingerprint density at radius 3 is 2.33 bits per heavy atom. The Balaban J connectivity index is 1.10. The second-order valence-corrected chi connectivity index (χ2v) is 11.3. The number of para-hydroxylation sites is 2. The largest absolute Gasteiger partial charge is 0.449 e. The van der Waals surface area contributed by atoms with Crippen LogP contribution in [0.3, 0.4) is 0 Å². The molecule has 1 unspecified atom stereocenters. The maximum Gasteiger partial charge on any atom is 0.409 e. The quantitative estimate of drug-likeness (QED) is 0.491. The van der Waals surface area contributed by atoms with E-state index in [1.54, 1.807) is 9.47 Å². The third-order valence-corrected chi connectivity index (χ3v) is 8.54. The number of carbonyl (C=O) groups excluding carboxylic acids is 2. The molecule has 3 aliphatic rings. The number of benzene rings is 1. The standard InChI is InChI=1S/C28H42N6O5/c1-20(2)33-24-6-3-4-7-25(24)34(27(33)37)26(36)29-21-18-22-8-9-23(19-21)32(22)10-5-17-39-28(38)31-13-11-30(12-14-31)15-16-35/h3-4,6-7,20-23,35H,5,8-19H2,1-2H3,(H,29,36)/t21?,22-,23+. The molecule has 2 bridgehead atoms. The molecule has 1 aromatic heterocycles. The molecule has 0 aliphatic carbocycles. The number of piperazine rings is 1. The van der Waals surface area contributed by atoms with Crippen molar-refractivity contribution >= 4 is 23.2 Å². The Bertz CT molecular complexity index is 1200. The first-order valence-electron chi connectivity index (χ1n) is 14.4. The van der Waals surface area contributed by atoms with Gasteiger partial charge in [-0.15, -0.1) is 0 Å². The van der Waals surface area contributed by atoms with Crippen molar-refractivity contribution in [1.82, 2.24) is 29.2 Å². The number of carbonyl (C=O) groups is 2. The zero-order valence-electron chi connectivity index (χ0n) is 23.1. The van der Waals surface area contributed by atoms with Crippen LogP contribution < -0.4 is 11.0 Å². The summed E-state index contributed by atoms with van der Waals surface area (Å²) >= 11 is 0. The Kier molecular flexibility index (Phi) is 8.58. The number of hydrogen-bond acceptors (Lipinski definition) is 7. The number of piperidine rings is 1. The maximum atomic E-state index is 13.3. The molecule has 5 rings (SSSR count). The van der Waals surface area contributed by atoms with Crippen molar-refractivity contribution in [3.8, 4) is 0 Å². The van der Waals surface area contributed by atoms with Crippen molar-refractivity contribution < 1.29 is 19.4 Å². The van der Waals surface area contributed by atoms with Crippen molar-refractivity contribution in [2.45, 2.75) is 70.1 Å². The normalized spacial score (nSPS) is 24.0. The molecule has 2 aromatic rings. The summed E-state index contributed by atoms with van der Waals surface area (Å²) in [6.45, 7) is 8.74. The molecule has 3 atom stereocenters. The van der Waals surface area contributed by atoms with Crippen LogP contribution in [0.5, 0.6) is 0 Å². The lowest BCUT2D eigenvalue weighted by Crippen LogP contribution is -2.52. The van der Waals surface area contributed by atoms with Crippen molar-refractivity contribution in [2.24, 2.45) is 0 Å². The van der Waals surface area contributed by atoms with Crippen molar-refractivity contribution in [3.05, 3.63) is 34.7 Å². The lowest BCUT2D eigenvalue weighted by atomic mass is 9.97. The summed E-state index contributed by atoms with van der Waals surface area (Å²) in [5.41, 5.74) is 1.11. The maximum absolute atomic E-state index is 13.3. The first-order valence-corrected chi connectivity index (χ1v) is 14.4. The van der Waals surface area contributed by atoms with Crippen LogP contribution in [0.25, 0.3) is 11.0 Å². The molecule has 4 heterocycles. The summed E-state index contributed by atoms with van der Waals surface area (Å²) in [5, 5.41) is 12.2. The first-order chi connectivity index (χ1) is 18.9. The number of imidazole rings is 1. The van der Waals surface area contributed by atoms with Gasteiger partial charge in [0.25, 0.3) is 0 Å². The second kappa shape index (κ2) is 12.1. The van der Waals surface area contributed by atoms with Crippen LogP contribution in [-0.2, 0) is 4.74 Å². The first kappa shape index (κ1) is 27.7. The molecule has 11 nitrogen and oxygen atoms in total. The van der Waals surface area contributed by atoms with E-state index in [-0.39, 0.29) is 36.5 Å². The van der Waals surface area contributed by atoms with Crippen LogP contribution in [0.15, 0.2) is 29.1 Å². The molecule has 214 valence electrons. The number of nitrogens with zero attached hydrogens (tertiary/aromatic N) is 5. The molecular formula is C28H42N6O5. The fourth-order valence-corrected chi connectivity index (χ4v) is 6.66. The number of β-amino-alcohol motifs (C(OH)–C–C–N with tert-alkyl or cyclic N) is 1. The van der Waals surface area contributed by atoms with Crippen LogP contribution in [0, 0.1) is 0 Å². The van der Waals surface area contributed by atoms with E-state index < -0.39 is 0 Å². The van der Waals surface area contributed by atoms with Gasteiger partial charge in [-0.1, -0.05) is 12.1 Å². The number of hydrogen-bond donors (Lipinski definition) is 2. The number of rotatable bonds is 8. The minimum Gasteiger partial charge on any atom is -0.449 e. The van der Waals surface area contributed by atoms with Gasteiger partial charge in [0, 0.05) is 63.4 Å². The number of amides is 2. The summed E-state index contributed by atoms with van der Waals surface area (Å²) < 4.78 is 8.50. The minimum absolute atomic E-state index is 0.0293. The molecule has 2 N–H and O–H groups in total. The van der Waals surface area contributed by atoms with Gasteiger partial charge in [0.05, 0.1) is 24.2 Å². The lowest BCUT2D eigenvalue weighted by molar-refractivity contribution is 0.0638. The van der Waals surface area contributed by atoms with Gasteiger partial charge in [0.1, 0.15) is 0 Å². The highest BCUT2D eigenvalue weighted by Gasteiger charge is 2.41. The van der Waals surface area contributed by atoms with Gasteiger partial charge in [-0.25, -0.2) is 19.0 Å². The lowest BCUT2D eigenvalue weighted by Gasteiger charge is -2.39. The highest BCUT2D eigenvalue weighted by Crippen LogP contribution is 2.35. The molecule has 3 aliphatic heterocycles. The van der Waals surface area contributed by atoms with Gasteiger partial charge < -0.3 is 20.1 Å². The molecule has 11 heteroatoms. The number of aliphatic hydroxyl groups is 1. The number of ether oxygens (including phenoxy) is 1. The number of aliphatic hydroxyl groups excluding tert-OH is 1. The summed E-state index contributed by atoms with van der Waals surface area (Å²) in [6.07, 6.45) is 4.44. The van der Waals surface area contributed by atoms with Gasteiger partial charge >= 0.3 is 17.8 Å². The van der Waals surface area contributed by atoms with E-state index >= 15 is 0 Å². The van der Waals surface area contributed by atoms with E-state index in [1.807, 2.05) is 38.1 Å². The fourth-order valence-electron chi connectivity index (χ4n) is 6.66. The molecule has 0 radical (unpaired) electrons. The molecule has 2 amide bonds. The molecule has 3 fully saturated rings. The van der Waals surface area contributed by atoms with Crippen molar-refractivity contribution in [2.75, 3.05) is 52.5 Å². The summed E-state index contributed by atoms with van der Waals surface area (Å²) in [5.74, 6) is 0. The Labute approximate surface area is 229 Å². The third kappa shape index (κ3) is 5.85. The Morgan fingerprint density at radius 1 is 1.03 bits per heavy atom. The zero-order valence-corrected chi connectivity index (χ0v) is 23.1. The van der Waals surface area contributed by atoms with Crippen LogP contribution in [-0.4, -0.2) is 112 Å². The van der Waals surface area contributed by atoms with Crippen LogP contribution in [0.1, 0.15) is 52.0 Å². The Morgan fingerprint density at radius 2 is 1.69 bits per heavy atom. The number of aromatic nitrogens is 2. The van der Waals surface area contributed by atoms with Crippen LogP contribution in [0.2, 0.25) is 0 Å². The fraction of sp³-hybridized carbons (Fsp3) is 0.679. The third-order valence-electron chi connectivity index (χ3n) is 8.54. The molecule has 0 spiro atoms. The average Bonchev–Trinajstić information content (AvgIpc) is 3.35. The summed E-state index contributed by atoms with van der Waals surface area (Å²) in [4.78, 5) is 45.3. The second-order valence-electron chi connectivity index (χ2n) is 11.3. The smallest absolute Gasteiger partial charge is 0.409 e. The van der Waals surface area contributed by atoms with E-state index in [1.165, 1.54) is 4.57 Å². The zero-order chi connectivity index (χ0) is 27.5. The number of fused-ring (bicyclic) bond motifs is 3. The van der Waals surface area contributed by atoms with E-state index in [9.17, 15) is 14.4 Å². The molecule has 39 heavy (non-hydrogen) atoms. The highest BCUT2D eigenvalue weighted by atomic mass is 16.6. The molecular weight excluding hydrogens is 500 g/mol. The summed E-state index contributed by atoms with van der Waals surface area (Å²) in [6, 6.07) is 7.86. The highest BCUT2D eigenvalue weighted by molar-refractivity contribution is 5.89. The summed E-state index contributed by atoms with van der Waals surface area (Å²) in [7, 11) is 0. The van der Waals surface area contributed by atoms with E-state index in [0.29, 0.717) is 43.8 Å². The molecule has 3 saturated heterocycles. The van der Waals surface area contributed by atoms with E-state index in [0.717, 1.165) is 57.3 Å². The van der Waals surface area contributed by atoms with Gasteiger partial charge in [0.15, 0.2) is 0 Å². The van der Waals surface area contributed by atoms with E-state index in [2.05, 4.69) is 15.1 Å². The number of nitrogens with one attached hydrogen (secondary N) is 1. The topological polar surface area (TPSA) is 112 Å². The minimum atomic E-state index is -0.349. The van der Waals surface area contributed by atoms with Crippen molar-refractivity contribution in [3.63, 3.8) is 0 Å². The van der Waals surface area contributed by atoms with E-state index in [4.69, 9.17) is 9.84 Å². The van der Waals surface area contributed by atoms with Gasteiger partial charge in [0.2, 0.25) is 0 Å². The molecule has 0 saturated carbocycles. The van der Waals surface area contributed by atoms with Crippen LogP contribution in [0.4, 0.5) is 9.59 Å². The van der Waals surface area contributed by atoms with Gasteiger partial charge in [-0.05, 0) is 58.1 Å². The average molecular weight is 543 g/mol. The van der Waals surface area contributed by atoms with Gasteiger partial charge in [-0.2, -0.15) is 0 Å². The van der Waals surface area contributed by atoms with Crippen molar-refractivity contribution in [1.29, 1.82) is 0 Å². The SMILES string of the molecule is CC(C)n1c(=O)n(C(=O)NC2C[C@H]3CC[C@@H](C2)N3CCCOC(=O)N2CCN(CCO)CC2)c2ccccc21. The van der Waals surface area contributed by atoms with Crippen LogP contribution >= 0.6 is 0 Å². The van der Waals surface area contributed by atoms with Gasteiger partial charge in [-0.3, -0.25) is 14.4 Å². The predicted octanol–water partition coefficient (Wildman–Crippen LogP) is 2.07. The monoisotopic (exact) mass is 542 g/mol. The predicted molar refractivity (Wildman–Crippen MR) is 148 cm³/mol.